The fourth-order valence-corrected chi connectivity index (χ4v) is 5.93. The zero-order valence-corrected chi connectivity index (χ0v) is 25.1. The number of amides is 1. The van der Waals surface area contributed by atoms with Gasteiger partial charge in [-0.1, -0.05) is 11.1 Å². The van der Waals surface area contributed by atoms with Gasteiger partial charge in [0, 0.05) is 39.0 Å². The van der Waals surface area contributed by atoms with Crippen LogP contribution < -0.4 is 19.8 Å². The summed E-state index contributed by atoms with van der Waals surface area (Å²) < 4.78 is 70.1. The molecule has 42 heavy (non-hydrogen) atoms. The molecule has 0 aliphatic carbocycles. The molecule has 9 nitrogen and oxygen atoms in total. The third kappa shape index (κ3) is 7.17. The molecule has 2 aliphatic rings. The van der Waals surface area contributed by atoms with E-state index in [1.54, 1.807) is 6.07 Å². The number of hydrogen-bond acceptors (Lipinski definition) is 7. The second-order valence-electron chi connectivity index (χ2n) is 11.2. The number of carbonyl (C=O) groups is 1. The molecule has 0 bridgehead atoms. The number of hydrogen-bond donors (Lipinski definition) is 3. The first kappa shape index (κ1) is 31.6. The summed E-state index contributed by atoms with van der Waals surface area (Å²) in [5.41, 5.74) is 3.81. The molecular weight excluding hydrogens is 571 g/mol. The molecule has 4 rings (SSSR count). The van der Waals surface area contributed by atoms with Gasteiger partial charge in [0.1, 0.15) is 11.1 Å². The number of alkyl halides is 2. The van der Waals surface area contributed by atoms with Crippen LogP contribution in [0.25, 0.3) is 0 Å². The lowest BCUT2D eigenvalue weighted by Gasteiger charge is -2.33. The monoisotopic (exact) mass is 609 g/mol. The maximum atomic E-state index is 15.0. The summed E-state index contributed by atoms with van der Waals surface area (Å²) >= 11 is 0. The van der Waals surface area contributed by atoms with Gasteiger partial charge in [-0.05, 0) is 70.4 Å². The third-order valence-electron chi connectivity index (χ3n) is 7.86. The maximum Gasteiger partial charge on any atom is 0.258 e. The van der Waals surface area contributed by atoms with E-state index < -0.39 is 52.4 Å². The zero-order valence-electron chi connectivity index (χ0n) is 24.3. The number of pyridine rings is 1. The third-order valence-corrected chi connectivity index (χ3v) is 9.59. The first-order valence-electron chi connectivity index (χ1n) is 14.0. The highest BCUT2D eigenvalue weighted by Gasteiger charge is 2.35. The highest BCUT2D eigenvalue weighted by Crippen LogP contribution is 2.34. The summed E-state index contributed by atoms with van der Waals surface area (Å²) in [6.07, 6.45) is 0.755. The number of aliphatic hydroxyl groups excluding tert-OH is 1. The van der Waals surface area contributed by atoms with Crippen molar-refractivity contribution in [3.63, 3.8) is 0 Å². The topological polar surface area (TPSA) is 115 Å². The van der Waals surface area contributed by atoms with Gasteiger partial charge in [0.05, 0.1) is 23.5 Å². The van der Waals surface area contributed by atoms with Gasteiger partial charge in [-0.2, -0.15) is 0 Å². The number of nitrogens with one attached hydrogen (secondary N) is 2. The van der Waals surface area contributed by atoms with E-state index in [9.17, 15) is 31.5 Å². The van der Waals surface area contributed by atoms with Gasteiger partial charge in [0.15, 0.2) is 11.6 Å². The van der Waals surface area contributed by atoms with Gasteiger partial charge < -0.3 is 20.2 Å². The Bertz CT molecular complexity index is 1460. The van der Waals surface area contributed by atoms with E-state index in [1.807, 2.05) is 4.90 Å². The fourth-order valence-electron chi connectivity index (χ4n) is 5.07. The maximum absolute atomic E-state index is 15.0. The average molecular weight is 610 g/mol. The number of nitrogens with zero attached hydrogens (tertiary/aromatic N) is 3. The predicted molar refractivity (Wildman–Crippen MR) is 159 cm³/mol. The number of aliphatic hydroxyl groups is 1. The minimum Gasteiger partial charge on any atom is -0.395 e. The Morgan fingerprint density at radius 1 is 1.10 bits per heavy atom. The van der Waals surface area contributed by atoms with Crippen molar-refractivity contribution in [3.05, 3.63) is 52.4 Å². The average Bonchev–Trinajstić information content (AvgIpc) is 2.94. The lowest BCUT2D eigenvalue weighted by atomic mass is 9.98. The van der Waals surface area contributed by atoms with E-state index in [1.165, 1.54) is 48.1 Å². The standard InChI is InChI=1S/C29H38F3N5O4S/c1-18(2)21-7-11-36(12-8-21)24-16-22(35-42(40,41)20(4)17-38)5-6-23(24)28(39)34-25-15-19(3)26(30)27(33-25)37-13-9-29(31,32)10-14-37/h5-6,15-16,20,35,38H,7-14,17H2,1-4H3,(H,33,34,39)/t20-/m1/s1. The van der Waals surface area contributed by atoms with Gasteiger partial charge in [-0.3, -0.25) is 9.52 Å². The van der Waals surface area contributed by atoms with Crippen LogP contribution in [0, 0.1) is 12.7 Å². The molecular formula is C29H38F3N5O4S. The molecule has 230 valence electrons. The fraction of sp³-hybridized carbons (Fsp3) is 0.517. The van der Waals surface area contributed by atoms with Crippen molar-refractivity contribution in [1.29, 1.82) is 0 Å². The number of rotatable bonds is 8. The Hall–Kier alpha value is -3.32. The molecule has 1 atom stereocenters. The molecule has 0 unspecified atom stereocenters. The summed E-state index contributed by atoms with van der Waals surface area (Å²) in [5, 5.41) is 11.0. The molecule has 0 saturated carbocycles. The molecule has 3 N–H and O–H groups in total. The highest BCUT2D eigenvalue weighted by molar-refractivity contribution is 7.93. The van der Waals surface area contributed by atoms with E-state index in [4.69, 9.17) is 0 Å². The van der Waals surface area contributed by atoms with Crippen LogP contribution in [-0.4, -0.2) is 68.4 Å². The van der Waals surface area contributed by atoms with E-state index in [0.29, 0.717) is 18.8 Å². The van der Waals surface area contributed by atoms with Gasteiger partial charge in [0.2, 0.25) is 10.0 Å². The van der Waals surface area contributed by atoms with Crippen LogP contribution in [0.2, 0.25) is 0 Å². The number of anilines is 4. The molecule has 2 saturated heterocycles. The Morgan fingerprint density at radius 3 is 2.33 bits per heavy atom. The SMILES string of the molecule is CC(C)=C1CCN(c2cc(NS(=O)(=O)[C@H](C)CO)ccc2C(=O)Nc2cc(C)c(F)c(N3CCC(F)(F)CC3)n2)CC1. The van der Waals surface area contributed by atoms with Crippen molar-refractivity contribution >= 4 is 38.9 Å². The van der Waals surface area contributed by atoms with Crippen molar-refractivity contribution in [3.8, 4) is 0 Å². The van der Waals surface area contributed by atoms with Gasteiger partial charge >= 0.3 is 0 Å². The molecule has 3 heterocycles. The normalized spacial score (nSPS) is 18.0. The first-order chi connectivity index (χ1) is 19.7. The molecule has 2 aromatic rings. The zero-order chi connectivity index (χ0) is 30.8. The molecule has 1 aromatic carbocycles. The number of aryl methyl sites for hydroxylation is 1. The number of halogens is 3. The molecule has 0 radical (unpaired) electrons. The lowest BCUT2D eigenvalue weighted by Crippen LogP contribution is -2.40. The van der Waals surface area contributed by atoms with E-state index >= 15 is 0 Å². The van der Waals surface area contributed by atoms with Crippen LogP contribution in [0.5, 0.6) is 0 Å². The van der Waals surface area contributed by atoms with Crippen molar-refractivity contribution in [1.82, 2.24) is 4.98 Å². The number of allylic oxidation sites excluding steroid dienone is 1. The summed E-state index contributed by atoms with van der Waals surface area (Å²) in [7, 11) is -3.87. The number of benzene rings is 1. The first-order valence-corrected chi connectivity index (χ1v) is 15.5. The van der Waals surface area contributed by atoms with Crippen LogP contribution in [0.4, 0.5) is 36.2 Å². The largest absolute Gasteiger partial charge is 0.395 e. The van der Waals surface area contributed by atoms with Crippen LogP contribution in [0.15, 0.2) is 35.4 Å². The Balaban J connectivity index is 1.64. The molecule has 2 aliphatic heterocycles. The lowest BCUT2D eigenvalue weighted by molar-refractivity contribution is -0.0222. The number of aromatic nitrogens is 1. The van der Waals surface area contributed by atoms with Crippen LogP contribution in [-0.2, 0) is 10.0 Å². The van der Waals surface area contributed by atoms with Gasteiger partial charge in [-0.15, -0.1) is 0 Å². The summed E-state index contributed by atoms with van der Waals surface area (Å²) in [6, 6.07) is 5.95. The molecule has 0 spiro atoms. The van der Waals surface area contributed by atoms with Crippen LogP contribution in [0.1, 0.15) is 62.4 Å². The number of piperidine rings is 2. The highest BCUT2D eigenvalue weighted by atomic mass is 32.2. The molecule has 1 amide bonds. The Morgan fingerprint density at radius 2 is 1.74 bits per heavy atom. The van der Waals surface area contributed by atoms with Gasteiger partial charge in [0.25, 0.3) is 11.8 Å². The van der Waals surface area contributed by atoms with Crippen molar-refractivity contribution in [2.45, 2.75) is 64.6 Å². The van der Waals surface area contributed by atoms with Crippen LogP contribution >= 0.6 is 0 Å². The second-order valence-corrected chi connectivity index (χ2v) is 13.3. The quantitative estimate of drug-likeness (QED) is 0.358. The van der Waals surface area contributed by atoms with Crippen LogP contribution in [0.3, 0.4) is 0 Å². The van der Waals surface area contributed by atoms with Crippen molar-refractivity contribution < 1.29 is 31.5 Å². The van der Waals surface area contributed by atoms with Crippen molar-refractivity contribution in [2.24, 2.45) is 0 Å². The smallest absolute Gasteiger partial charge is 0.258 e. The minimum absolute atomic E-state index is 0.0627. The van der Waals surface area contributed by atoms with Gasteiger partial charge in [-0.25, -0.2) is 26.6 Å². The Kier molecular flexibility index (Phi) is 9.41. The molecule has 1 aromatic heterocycles. The van der Waals surface area contributed by atoms with E-state index in [-0.39, 0.29) is 41.5 Å². The predicted octanol–water partition coefficient (Wildman–Crippen LogP) is 5.08. The second kappa shape index (κ2) is 12.5. The van der Waals surface area contributed by atoms with E-state index in [2.05, 4.69) is 28.9 Å². The number of sulfonamides is 1. The summed E-state index contributed by atoms with van der Waals surface area (Å²) in [5.74, 6) is -3.98. The minimum atomic E-state index is -3.87. The number of carbonyl (C=O) groups excluding carboxylic acids is 1. The van der Waals surface area contributed by atoms with Crippen molar-refractivity contribution in [2.75, 3.05) is 52.6 Å². The molecule has 13 heteroatoms. The van der Waals surface area contributed by atoms with E-state index in [0.717, 1.165) is 12.8 Å². The Labute approximate surface area is 244 Å². The molecule has 2 fully saturated rings. The summed E-state index contributed by atoms with van der Waals surface area (Å²) in [4.78, 5) is 21.4. The summed E-state index contributed by atoms with van der Waals surface area (Å²) in [6.45, 7) is 7.57.